The van der Waals surface area contributed by atoms with Crippen LogP contribution < -0.4 is 0 Å². The third-order valence-electron chi connectivity index (χ3n) is 3.60. The summed E-state index contributed by atoms with van der Waals surface area (Å²) in [5, 5.41) is 9.46. The second-order valence-corrected chi connectivity index (χ2v) is 5.10. The van der Waals surface area contributed by atoms with Crippen molar-refractivity contribution in [3.05, 3.63) is 29.7 Å². The van der Waals surface area contributed by atoms with Crippen molar-refractivity contribution < 1.29 is 14.3 Å². The topological polar surface area (TPSA) is 66.6 Å². The molecule has 0 saturated heterocycles. The zero-order chi connectivity index (χ0) is 13.6. The number of aliphatic carboxylic acids is 1. The van der Waals surface area contributed by atoms with Gasteiger partial charge >= 0.3 is 5.97 Å². The van der Waals surface area contributed by atoms with E-state index in [4.69, 9.17) is 4.42 Å². The molecule has 0 radical (unpaired) electrons. The second kappa shape index (κ2) is 4.35. The molecule has 1 atom stereocenters. The van der Waals surface area contributed by atoms with Crippen LogP contribution in [0.25, 0.3) is 11.1 Å². The van der Waals surface area contributed by atoms with E-state index in [9.17, 15) is 9.90 Å². The lowest BCUT2D eigenvalue weighted by molar-refractivity contribution is -0.143. The third kappa shape index (κ3) is 2.21. The molecule has 3 rings (SSSR count). The number of hydrogen-bond donors (Lipinski definition) is 1. The summed E-state index contributed by atoms with van der Waals surface area (Å²) in [6.07, 6.45) is 2.15. The van der Waals surface area contributed by atoms with Gasteiger partial charge in [-0.3, -0.25) is 9.69 Å². The summed E-state index contributed by atoms with van der Waals surface area (Å²) in [5.41, 5.74) is 2.15. The van der Waals surface area contributed by atoms with E-state index in [1.165, 1.54) is 0 Å². The van der Waals surface area contributed by atoms with Gasteiger partial charge in [0.2, 0.25) is 0 Å². The summed E-state index contributed by atoms with van der Waals surface area (Å²) < 4.78 is 5.47. The number of oxazole rings is 1. The smallest absolute Gasteiger partial charge is 0.325 e. The molecule has 0 bridgehead atoms. The summed E-state index contributed by atoms with van der Waals surface area (Å²) in [4.78, 5) is 17.7. The van der Waals surface area contributed by atoms with Gasteiger partial charge in [-0.05, 0) is 37.6 Å². The van der Waals surface area contributed by atoms with Gasteiger partial charge in [0.05, 0.1) is 0 Å². The number of aryl methyl sites for hydroxylation is 1. The monoisotopic (exact) mass is 260 g/mol. The largest absolute Gasteiger partial charge is 0.480 e. The first-order valence-electron chi connectivity index (χ1n) is 6.38. The normalized spacial score (nSPS) is 17.0. The first-order chi connectivity index (χ1) is 9.06. The Morgan fingerprint density at radius 1 is 1.53 bits per heavy atom. The molecule has 1 fully saturated rings. The Labute approximate surface area is 110 Å². The van der Waals surface area contributed by atoms with Gasteiger partial charge in [-0.15, -0.1) is 0 Å². The molecule has 1 N–H and O–H groups in total. The molecule has 2 aromatic rings. The van der Waals surface area contributed by atoms with Crippen molar-refractivity contribution in [3.8, 4) is 0 Å². The lowest BCUT2D eigenvalue weighted by atomic mass is 10.1. The molecule has 1 unspecified atom stereocenters. The maximum absolute atomic E-state index is 11.5. The minimum atomic E-state index is -0.829. The molecular formula is C14H16N2O3. The van der Waals surface area contributed by atoms with Crippen LogP contribution >= 0.6 is 0 Å². The van der Waals surface area contributed by atoms with Crippen molar-refractivity contribution >= 4 is 17.1 Å². The molecule has 1 aliphatic carbocycles. The minimum Gasteiger partial charge on any atom is -0.480 e. The van der Waals surface area contributed by atoms with Crippen molar-refractivity contribution in [1.82, 2.24) is 9.88 Å². The van der Waals surface area contributed by atoms with Crippen LogP contribution in [0.3, 0.4) is 0 Å². The van der Waals surface area contributed by atoms with E-state index < -0.39 is 12.0 Å². The van der Waals surface area contributed by atoms with Gasteiger partial charge in [-0.25, -0.2) is 4.98 Å². The number of likely N-dealkylation sites (N-methyl/N-ethyl adjacent to an activating group) is 1. The van der Waals surface area contributed by atoms with Gasteiger partial charge in [-0.2, -0.15) is 0 Å². The summed E-state index contributed by atoms with van der Waals surface area (Å²) in [6, 6.07) is 5.18. The third-order valence-corrected chi connectivity index (χ3v) is 3.60. The first kappa shape index (κ1) is 12.2. The number of rotatable bonds is 4. The molecule has 1 aliphatic rings. The second-order valence-electron chi connectivity index (χ2n) is 5.10. The molecule has 100 valence electrons. The standard InChI is InChI=1S/C14H16N2O3/c1-8-15-11-6-3-9(7-12(11)19-8)13(14(17)18)16(2)10-4-5-10/h3,6-7,10,13H,4-5H2,1-2H3,(H,17,18). The number of carboxylic acid groups (broad SMARTS) is 1. The minimum absolute atomic E-state index is 0.383. The van der Waals surface area contributed by atoms with Crippen molar-refractivity contribution in [2.45, 2.75) is 31.8 Å². The molecule has 5 heteroatoms. The first-order valence-corrected chi connectivity index (χ1v) is 6.38. The van der Waals surface area contributed by atoms with Crippen LogP contribution in [0.5, 0.6) is 0 Å². The van der Waals surface area contributed by atoms with E-state index in [0.717, 1.165) is 23.9 Å². The molecule has 0 spiro atoms. The van der Waals surface area contributed by atoms with Crippen LogP contribution in [-0.4, -0.2) is 34.0 Å². The van der Waals surface area contributed by atoms with Crippen molar-refractivity contribution in [2.24, 2.45) is 0 Å². The maximum Gasteiger partial charge on any atom is 0.325 e. The van der Waals surface area contributed by atoms with Crippen molar-refractivity contribution in [1.29, 1.82) is 0 Å². The van der Waals surface area contributed by atoms with Crippen LogP contribution in [0.1, 0.15) is 30.3 Å². The fourth-order valence-electron chi connectivity index (χ4n) is 2.47. The molecule has 1 aromatic heterocycles. The number of aromatic nitrogens is 1. The van der Waals surface area contributed by atoms with Gasteiger partial charge < -0.3 is 9.52 Å². The highest BCUT2D eigenvalue weighted by Gasteiger charge is 2.35. The van der Waals surface area contributed by atoms with Gasteiger partial charge in [0.25, 0.3) is 0 Å². The van der Waals surface area contributed by atoms with Crippen LogP contribution in [-0.2, 0) is 4.79 Å². The number of nitrogens with zero attached hydrogens (tertiary/aromatic N) is 2. The molecule has 0 aliphatic heterocycles. The van der Waals surface area contributed by atoms with E-state index in [2.05, 4.69) is 4.98 Å². The fourth-order valence-corrected chi connectivity index (χ4v) is 2.47. The lowest BCUT2D eigenvalue weighted by Gasteiger charge is -2.24. The maximum atomic E-state index is 11.5. The number of hydrogen-bond acceptors (Lipinski definition) is 4. The average Bonchev–Trinajstić information content (AvgIpc) is 3.11. The SMILES string of the molecule is Cc1nc2ccc(C(C(=O)O)N(C)C3CC3)cc2o1. The Morgan fingerprint density at radius 3 is 2.89 bits per heavy atom. The summed E-state index contributed by atoms with van der Waals surface area (Å²) in [5.74, 6) is -0.237. The highest BCUT2D eigenvalue weighted by molar-refractivity contribution is 5.79. The van der Waals surface area contributed by atoms with E-state index in [1.807, 2.05) is 24.1 Å². The van der Waals surface area contributed by atoms with E-state index >= 15 is 0 Å². The number of carboxylic acids is 1. The predicted molar refractivity (Wildman–Crippen MR) is 69.9 cm³/mol. The zero-order valence-corrected chi connectivity index (χ0v) is 11.0. The van der Waals surface area contributed by atoms with Crippen LogP contribution in [0.4, 0.5) is 0 Å². The molecule has 1 saturated carbocycles. The summed E-state index contributed by atoms with van der Waals surface area (Å²) >= 11 is 0. The van der Waals surface area contributed by atoms with Gasteiger partial charge in [0.1, 0.15) is 11.6 Å². The Morgan fingerprint density at radius 2 is 2.26 bits per heavy atom. The molecule has 0 amide bonds. The summed E-state index contributed by atoms with van der Waals surface area (Å²) in [6.45, 7) is 1.78. The van der Waals surface area contributed by atoms with E-state index in [0.29, 0.717) is 17.5 Å². The molecular weight excluding hydrogens is 244 g/mol. The molecule has 1 heterocycles. The Balaban J connectivity index is 2.01. The predicted octanol–water partition coefficient (Wildman–Crippen LogP) is 2.36. The number of fused-ring (bicyclic) bond motifs is 1. The van der Waals surface area contributed by atoms with Crippen molar-refractivity contribution in [3.63, 3.8) is 0 Å². The average molecular weight is 260 g/mol. The van der Waals surface area contributed by atoms with E-state index in [-0.39, 0.29) is 0 Å². The fraction of sp³-hybridized carbons (Fsp3) is 0.429. The Kier molecular flexibility index (Phi) is 2.78. The van der Waals surface area contributed by atoms with Crippen LogP contribution in [0.15, 0.2) is 22.6 Å². The lowest BCUT2D eigenvalue weighted by Crippen LogP contribution is -2.32. The molecule has 1 aromatic carbocycles. The highest BCUT2D eigenvalue weighted by atomic mass is 16.4. The molecule has 19 heavy (non-hydrogen) atoms. The van der Waals surface area contributed by atoms with Gasteiger partial charge in [0.15, 0.2) is 11.5 Å². The van der Waals surface area contributed by atoms with E-state index in [1.54, 1.807) is 13.0 Å². The number of benzene rings is 1. The van der Waals surface area contributed by atoms with Crippen molar-refractivity contribution in [2.75, 3.05) is 7.05 Å². The van der Waals surface area contributed by atoms with Gasteiger partial charge in [0, 0.05) is 13.0 Å². The summed E-state index contributed by atoms with van der Waals surface area (Å²) in [7, 11) is 1.87. The Hall–Kier alpha value is -1.88. The Bertz CT molecular complexity index is 631. The van der Waals surface area contributed by atoms with Gasteiger partial charge in [-0.1, -0.05) is 6.07 Å². The highest BCUT2D eigenvalue weighted by Crippen LogP contribution is 2.34. The van der Waals surface area contributed by atoms with Crippen LogP contribution in [0.2, 0.25) is 0 Å². The molecule has 5 nitrogen and oxygen atoms in total. The quantitative estimate of drug-likeness (QED) is 0.914. The zero-order valence-electron chi connectivity index (χ0n) is 11.0. The van der Waals surface area contributed by atoms with Crippen LogP contribution in [0, 0.1) is 6.92 Å². The number of carbonyl (C=O) groups is 1.